The van der Waals surface area contributed by atoms with Crippen LogP contribution in [0.25, 0.3) is 33.4 Å². The zero-order valence-electron chi connectivity index (χ0n) is 28.9. The molecule has 250 valence electrons. The van der Waals surface area contributed by atoms with E-state index in [1.54, 1.807) is 0 Å². The third kappa shape index (κ3) is 6.18. The van der Waals surface area contributed by atoms with E-state index in [0.717, 1.165) is 57.3 Å². The Labute approximate surface area is 304 Å². The maximum atomic E-state index is 5.04. The summed E-state index contributed by atoms with van der Waals surface area (Å²) in [5.74, 6) is 2.84. The first kappa shape index (κ1) is 31.4. The highest BCUT2D eigenvalue weighted by molar-refractivity contribution is 6.13. The van der Waals surface area contributed by atoms with Gasteiger partial charge in [0.05, 0.1) is 11.0 Å². The summed E-state index contributed by atoms with van der Waals surface area (Å²) >= 11 is 0. The molecule has 2 atom stereocenters. The van der Waals surface area contributed by atoms with E-state index >= 15 is 0 Å². The second kappa shape index (κ2) is 13.6. The molecule has 7 aromatic rings. The van der Waals surface area contributed by atoms with Crippen molar-refractivity contribution in [1.29, 1.82) is 0 Å². The van der Waals surface area contributed by atoms with Gasteiger partial charge < -0.3 is 5.32 Å². The van der Waals surface area contributed by atoms with Crippen molar-refractivity contribution in [1.82, 2.24) is 14.9 Å². The van der Waals surface area contributed by atoms with Crippen LogP contribution < -0.4 is 5.32 Å². The Morgan fingerprint density at radius 2 is 1.23 bits per heavy atom. The number of hydrogen-bond donors (Lipinski definition) is 1. The van der Waals surface area contributed by atoms with Crippen molar-refractivity contribution in [3.63, 3.8) is 0 Å². The van der Waals surface area contributed by atoms with Crippen molar-refractivity contribution in [2.75, 3.05) is 0 Å². The lowest BCUT2D eigenvalue weighted by Gasteiger charge is -2.24. The molecule has 2 aliphatic rings. The molecule has 0 amide bonds. The van der Waals surface area contributed by atoms with Gasteiger partial charge in [0, 0.05) is 22.7 Å². The summed E-state index contributed by atoms with van der Waals surface area (Å²) < 4.78 is 2.22. The quantitative estimate of drug-likeness (QED) is 0.183. The summed E-state index contributed by atoms with van der Waals surface area (Å²) in [6.07, 6.45) is 7.48. The minimum Gasteiger partial charge on any atom is -0.344 e. The number of nitrogens with one attached hydrogen (secondary N) is 1. The molecule has 0 saturated carbocycles. The third-order valence-corrected chi connectivity index (χ3v) is 10.0. The van der Waals surface area contributed by atoms with Crippen molar-refractivity contribution in [2.45, 2.75) is 25.4 Å². The zero-order valence-corrected chi connectivity index (χ0v) is 28.9. The van der Waals surface area contributed by atoms with Gasteiger partial charge in [-0.25, -0.2) is 15.0 Å². The summed E-state index contributed by atoms with van der Waals surface area (Å²) in [6.45, 7) is 2.06. The van der Waals surface area contributed by atoms with Gasteiger partial charge >= 0.3 is 0 Å². The number of amidine groups is 2. The predicted octanol–water partition coefficient (Wildman–Crippen LogP) is 10.6. The number of allylic oxidation sites excluding steroid dienone is 4. The molecular formula is C47H37N5. The lowest BCUT2D eigenvalue weighted by Crippen LogP contribution is -2.33. The first-order valence-corrected chi connectivity index (χ1v) is 17.8. The van der Waals surface area contributed by atoms with Gasteiger partial charge in [0.15, 0.2) is 5.84 Å². The molecule has 0 fully saturated rings. The Morgan fingerprint density at radius 3 is 1.98 bits per heavy atom. The van der Waals surface area contributed by atoms with Crippen LogP contribution in [0.15, 0.2) is 186 Å². The van der Waals surface area contributed by atoms with Gasteiger partial charge in [0.1, 0.15) is 17.8 Å². The van der Waals surface area contributed by atoms with Crippen molar-refractivity contribution in [3.05, 3.63) is 210 Å². The van der Waals surface area contributed by atoms with Gasteiger partial charge in [0.25, 0.3) is 0 Å². The standard InChI is InChI=1S/C47H37N5/c1-32-48-43-17-8-9-18-44(43)52(32)42-29-27-34(28-30-42)33-19-21-35(22-20-33)40-15-10-16-41(31-40)36-23-25-39(26-24-36)47-50-45(37-11-4-2-5-12-37)49-46(51-47)38-13-6-3-7-14-38/h2-30,41,45H,31H2,1H3,(H,49,50,51). The van der Waals surface area contributed by atoms with Crippen LogP contribution in [0.5, 0.6) is 0 Å². The summed E-state index contributed by atoms with van der Waals surface area (Å²) in [7, 11) is 0. The van der Waals surface area contributed by atoms with E-state index in [4.69, 9.17) is 15.0 Å². The Bertz CT molecular complexity index is 2490. The molecule has 2 heterocycles. The second-order valence-corrected chi connectivity index (χ2v) is 13.4. The number of hydrogen-bond acceptors (Lipinski definition) is 4. The van der Waals surface area contributed by atoms with E-state index in [1.165, 1.54) is 27.8 Å². The first-order valence-electron chi connectivity index (χ1n) is 17.8. The fourth-order valence-electron chi connectivity index (χ4n) is 7.28. The van der Waals surface area contributed by atoms with Gasteiger partial charge in [-0.15, -0.1) is 0 Å². The molecule has 0 radical (unpaired) electrons. The number of rotatable bonds is 7. The fraction of sp³-hybridized carbons (Fsp3) is 0.0851. The molecule has 1 N–H and O–H groups in total. The van der Waals surface area contributed by atoms with Crippen LogP contribution in [0.4, 0.5) is 0 Å². The van der Waals surface area contributed by atoms with E-state index in [1.807, 2.05) is 42.5 Å². The van der Waals surface area contributed by atoms with Gasteiger partial charge in [-0.1, -0.05) is 152 Å². The second-order valence-electron chi connectivity index (χ2n) is 13.4. The summed E-state index contributed by atoms with van der Waals surface area (Å²) in [6, 6.07) is 55.4. The molecule has 5 nitrogen and oxygen atoms in total. The van der Waals surface area contributed by atoms with Gasteiger partial charge in [-0.2, -0.15) is 0 Å². The average Bonchev–Trinajstić information content (AvgIpc) is 3.57. The van der Waals surface area contributed by atoms with Gasteiger partial charge in [-0.3, -0.25) is 4.57 Å². The number of aliphatic imine (C=N–C) groups is 2. The van der Waals surface area contributed by atoms with Gasteiger partial charge in [-0.05, 0) is 71.0 Å². The largest absolute Gasteiger partial charge is 0.344 e. The highest BCUT2D eigenvalue weighted by Crippen LogP contribution is 2.35. The van der Waals surface area contributed by atoms with Crippen LogP contribution in [0, 0.1) is 6.92 Å². The van der Waals surface area contributed by atoms with Crippen LogP contribution in [-0.4, -0.2) is 21.2 Å². The van der Waals surface area contributed by atoms with Crippen LogP contribution in [0.2, 0.25) is 0 Å². The highest BCUT2D eigenvalue weighted by atomic mass is 15.2. The Kier molecular flexibility index (Phi) is 8.22. The number of benzene rings is 6. The number of aromatic nitrogens is 2. The Balaban J connectivity index is 0.909. The normalized spacial score (nSPS) is 16.9. The minimum absolute atomic E-state index is 0.212. The molecule has 5 heteroatoms. The fourth-order valence-corrected chi connectivity index (χ4v) is 7.28. The Morgan fingerprint density at radius 1 is 0.596 bits per heavy atom. The van der Waals surface area contributed by atoms with E-state index in [-0.39, 0.29) is 6.17 Å². The molecule has 1 aromatic heterocycles. The molecule has 2 unspecified atom stereocenters. The molecule has 6 aromatic carbocycles. The predicted molar refractivity (Wildman–Crippen MR) is 214 cm³/mol. The molecule has 0 spiro atoms. The minimum atomic E-state index is -0.212. The lowest BCUT2D eigenvalue weighted by molar-refractivity contribution is 0.674. The summed E-state index contributed by atoms with van der Waals surface area (Å²) in [4.78, 5) is 14.8. The van der Waals surface area contributed by atoms with Crippen molar-refractivity contribution in [2.24, 2.45) is 9.98 Å². The number of aryl methyl sites for hydroxylation is 1. The summed E-state index contributed by atoms with van der Waals surface area (Å²) in [5.41, 5.74) is 12.7. The first-order chi connectivity index (χ1) is 25.7. The molecule has 0 saturated heterocycles. The third-order valence-electron chi connectivity index (χ3n) is 10.0. The van der Waals surface area contributed by atoms with Gasteiger partial charge in [0.2, 0.25) is 0 Å². The number of para-hydroxylation sites is 2. The number of nitrogens with zero attached hydrogens (tertiary/aromatic N) is 4. The topological polar surface area (TPSA) is 54.6 Å². The summed E-state index contributed by atoms with van der Waals surface area (Å²) in [5, 5.41) is 3.54. The van der Waals surface area contributed by atoms with Crippen LogP contribution >= 0.6 is 0 Å². The average molecular weight is 672 g/mol. The highest BCUT2D eigenvalue weighted by Gasteiger charge is 2.22. The van der Waals surface area contributed by atoms with Crippen LogP contribution in [-0.2, 0) is 0 Å². The van der Waals surface area contributed by atoms with E-state index < -0.39 is 0 Å². The molecule has 52 heavy (non-hydrogen) atoms. The zero-order chi connectivity index (χ0) is 34.9. The number of imidazole rings is 1. The monoisotopic (exact) mass is 671 g/mol. The van der Waals surface area contributed by atoms with E-state index in [9.17, 15) is 0 Å². The molecule has 1 aliphatic heterocycles. The van der Waals surface area contributed by atoms with E-state index in [2.05, 4.69) is 150 Å². The lowest BCUT2D eigenvalue weighted by atomic mass is 9.85. The van der Waals surface area contributed by atoms with E-state index in [0.29, 0.717) is 5.92 Å². The van der Waals surface area contributed by atoms with Crippen molar-refractivity contribution < 1.29 is 0 Å². The van der Waals surface area contributed by atoms with Crippen molar-refractivity contribution in [3.8, 4) is 16.8 Å². The maximum absolute atomic E-state index is 5.04. The maximum Gasteiger partial charge on any atom is 0.159 e. The Hall–Kier alpha value is -6.59. The SMILES string of the molecule is Cc1nc2ccccc2n1-c1ccc(-c2ccc(C3=CC=CC(c4ccc(C5=NC(c6ccccc6)NC(c6ccccc6)=N5)cc4)C3)cc2)cc1. The van der Waals surface area contributed by atoms with Crippen molar-refractivity contribution >= 4 is 28.3 Å². The molecule has 0 bridgehead atoms. The molecular weight excluding hydrogens is 635 g/mol. The van der Waals surface area contributed by atoms with Crippen LogP contribution in [0.1, 0.15) is 52.1 Å². The number of fused-ring (bicyclic) bond motifs is 1. The molecule has 9 rings (SSSR count). The molecule has 1 aliphatic carbocycles. The smallest absolute Gasteiger partial charge is 0.159 e. The van der Waals surface area contributed by atoms with Crippen LogP contribution in [0.3, 0.4) is 0 Å².